The van der Waals surface area contributed by atoms with Crippen molar-refractivity contribution >= 4 is 56.7 Å². The molecule has 3 aromatic carbocycles. The number of nitrogens with zero attached hydrogens (tertiary/aromatic N) is 3. The fourth-order valence-electron chi connectivity index (χ4n) is 3.17. The van der Waals surface area contributed by atoms with Crippen LogP contribution in [0, 0.1) is 0 Å². The van der Waals surface area contributed by atoms with Crippen molar-refractivity contribution in [3.8, 4) is 5.69 Å². The molecule has 10 heteroatoms. The van der Waals surface area contributed by atoms with E-state index in [1.54, 1.807) is 54.6 Å². The summed E-state index contributed by atoms with van der Waals surface area (Å²) in [5.74, 6) is -1.57. The van der Waals surface area contributed by atoms with Crippen LogP contribution in [0.1, 0.15) is 15.9 Å². The van der Waals surface area contributed by atoms with Crippen LogP contribution in [0.3, 0.4) is 0 Å². The average Bonchev–Trinajstić information content (AvgIpc) is 2.84. The van der Waals surface area contributed by atoms with Gasteiger partial charge in [-0.25, -0.2) is 15.2 Å². The number of nitrogens with one attached hydrogen (secondary N) is 1. The fraction of sp³-hybridized carbons (Fsp3) is 0.0417. The first-order valence-corrected chi connectivity index (χ1v) is 11.8. The summed E-state index contributed by atoms with van der Waals surface area (Å²) in [6.07, 6.45) is 1.28. The second kappa shape index (κ2) is 10.4. The molecule has 170 valence electrons. The van der Waals surface area contributed by atoms with Crippen molar-refractivity contribution in [2.24, 2.45) is 5.10 Å². The molecule has 4 aromatic rings. The quantitative estimate of drug-likeness (QED) is 0.159. The minimum Gasteiger partial charge on any atom is -0.478 e. The van der Waals surface area contributed by atoms with Crippen molar-refractivity contribution in [2.45, 2.75) is 5.16 Å². The highest BCUT2D eigenvalue weighted by molar-refractivity contribution is 9.10. The molecule has 1 aromatic heterocycles. The third kappa shape index (κ3) is 5.24. The predicted molar refractivity (Wildman–Crippen MR) is 135 cm³/mol. The summed E-state index contributed by atoms with van der Waals surface area (Å²) in [7, 11) is 0. The molecular weight excluding hydrogens is 520 g/mol. The molecule has 0 saturated heterocycles. The van der Waals surface area contributed by atoms with Crippen LogP contribution < -0.4 is 11.0 Å². The molecule has 34 heavy (non-hydrogen) atoms. The zero-order valence-corrected chi connectivity index (χ0v) is 19.9. The molecule has 0 bridgehead atoms. The third-order valence-electron chi connectivity index (χ3n) is 4.75. The highest BCUT2D eigenvalue weighted by Gasteiger charge is 2.15. The standard InChI is InChI=1S/C24H17BrN4O4S/c25-16-9-11-17(12-10-16)29-22(31)19-7-3-4-8-20(19)27-24(29)34-14-21(30)28-26-13-15-5-1-2-6-18(15)23(32)33/h1-13H,14H2,(H,28,30)(H,32,33). The number of carboxylic acid groups (broad SMARTS) is 1. The molecule has 1 amide bonds. The topological polar surface area (TPSA) is 114 Å². The fourth-order valence-corrected chi connectivity index (χ4v) is 4.24. The molecule has 0 unspecified atom stereocenters. The number of para-hydroxylation sites is 1. The summed E-state index contributed by atoms with van der Waals surface area (Å²) in [6, 6.07) is 20.6. The van der Waals surface area contributed by atoms with Crippen LogP contribution in [0.4, 0.5) is 0 Å². The number of benzene rings is 3. The highest BCUT2D eigenvalue weighted by Crippen LogP contribution is 2.22. The summed E-state index contributed by atoms with van der Waals surface area (Å²) < 4.78 is 2.34. The van der Waals surface area contributed by atoms with Crippen LogP contribution in [0.15, 0.2) is 92.3 Å². The number of halogens is 1. The number of carbonyl (C=O) groups excluding carboxylic acids is 1. The Morgan fingerprint density at radius 1 is 1.06 bits per heavy atom. The van der Waals surface area contributed by atoms with E-state index in [1.165, 1.54) is 16.8 Å². The molecule has 0 saturated carbocycles. The normalized spacial score (nSPS) is 11.1. The summed E-state index contributed by atoms with van der Waals surface area (Å²) in [6.45, 7) is 0. The number of amides is 1. The van der Waals surface area contributed by atoms with Gasteiger partial charge < -0.3 is 5.11 Å². The molecule has 0 radical (unpaired) electrons. The van der Waals surface area contributed by atoms with Gasteiger partial charge in [-0.15, -0.1) is 0 Å². The molecule has 0 aliphatic rings. The molecular formula is C24H17BrN4O4S. The van der Waals surface area contributed by atoms with E-state index in [-0.39, 0.29) is 16.9 Å². The summed E-state index contributed by atoms with van der Waals surface area (Å²) in [4.78, 5) is 41.5. The van der Waals surface area contributed by atoms with Gasteiger partial charge in [-0.05, 0) is 42.5 Å². The zero-order chi connectivity index (χ0) is 24.1. The van der Waals surface area contributed by atoms with Gasteiger partial charge in [0, 0.05) is 10.0 Å². The van der Waals surface area contributed by atoms with E-state index in [4.69, 9.17) is 0 Å². The SMILES string of the molecule is O=C(CSc1nc2ccccc2c(=O)n1-c1ccc(Br)cc1)NN=Cc1ccccc1C(=O)O. The Morgan fingerprint density at radius 3 is 2.53 bits per heavy atom. The van der Waals surface area contributed by atoms with E-state index >= 15 is 0 Å². The van der Waals surface area contributed by atoms with Crippen molar-refractivity contribution in [1.29, 1.82) is 0 Å². The summed E-state index contributed by atoms with van der Waals surface area (Å²) in [5.41, 5.74) is 3.74. The van der Waals surface area contributed by atoms with E-state index in [0.717, 1.165) is 16.2 Å². The number of hydrogen-bond acceptors (Lipinski definition) is 6. The number of fused-ring (bicyclic) bond motifs is 1. The molecule has 2 N–H and O–H groups in total. The lowest BCUT2D eigenvalue weighted by molar-refractivity contribution is -0.118. The van der Waals surface area contributed by atoms with E-state index in [1.807, 2.05) is 12.1 Å². The molecule has 1 heterocycles. The molecule has 0 atom stereocenters. The Morgan fingerprint density at radius 2 is 1.76 bits per heavy atom. The lowest BCUT2D eigenvalue weighted by Gasteiger charge is -2.13. The average molecular weight is 537 g/mol. The van der Waals surface area contributed by atoms with E-state index < -0.39 is 11.9 Å². The van der Waals surface area contributed by atoms with Crippen molar-refractivity contribution in [1.82, 2.24) is 15.0 Å². The van der Waals surface area contributed by atoms with Gasteiger partial charge >= 0.3 is 5.97 Å². The lowest BCUT2D eigenvalue weighted by Crippen LogP contribution is -2.24. The van der Waals surface area contributed by atoms with Gasteiger partial charge in [0.15, 0.2) is 5.16 Å². The molecule has 4 rings (SSSR count). The number of hydrogen-bond donors (Lipinski definition) is 2. The van der Waals surface area contributed by atoms with Crippen molar-refractivity contribution < 1.29 is 14.7 Å². The largest absolute Gasteiger partial charge is 0.478 e. The Labute approximate surface area is 206 Å². The number of aromatic nitrogens is 2. The smallest absolute Gasteiger partial charge is 0.336 e. The van der Waals surface area contributed by atoms with Gasteiger partial charge in [-0.2, -0.15) is 5.10 Å². The number of carbonyl (C=O) groups is 2. The van der Waals surface area contributed by atoms with Gasteiger partial charge in [0.25, 0.3) is 11.5 Å². The molecule has 0 aliphatic carbocycles. The number of carboxylic acids is 1. The number of thioether (sulfide) groups is 1. The first-order valence-electron chi connectivity index (χ1n) is 9.99. The van der Waals surface area contributed by atoms with Crippen molar-refractivity contribution in [3.63, 3.8) is 0 Å². The van der Waals surface area contributed by atoms with Crippen molar-refractivity contribution in [2.75, 3.05) is 5.75 Å². The van der Waals surface area contributed by atoms with E-state index in [9.17, 15) is 19.5 Å². The highest BCUT2D eigenvalue weighted by atomic mass is 79.9. The molecule has 8 nitrogen and oxygen atoms in total. The second-order valence-electron chi connectivity index (χ2n) is 7.00. The van der Waals surface area contributed by atoms with Crippen LogP contribution in [-0.4, -0.2) is 38.5 Å². The van der Waals surface area contributed by atoms with E-state index in [0.29, 0.717) is 27.3 Å². The molecule has 0 aliphatic heterocycles. The molecule has 0 spiro atoms. The molecule has 0 fully saturated rings. The zero-order valence-electron chi connectivity index (χ0n) is 17.5. The Balaban J connectivity index is 1.56. The minimum absolute atomic E-state index is 0.0563. The lowest BCUT2D eigenvalue weighted by atomic mass is 10.1. The summed E-state index contributed by atoms with van der Waals surface area (Å²) in [5, 5.41) is 13.9. The van der Waals surface area contributed by atoms with Gasteiger partial charge in [-0.1, -0.05) is 58.0 Å². The maximum Gasteiger partial charge on any atom is 0.336 e. The Kier molecular flexibility index (Phi) is 7.19. The number of rotatable bonds is 7. The number of hydrazone groups is 1. The van der Waals surface area contributed by atoms with E-state index in [2.05, 4.69) is 31.4 Å². The third-order valence-corrected chi connectivity index (χ3v) is 6.21. The predicted octanol–water partition coefficient (Wildman–Crippen LogP) is 4.09. The van der Waals surface area contributed by atoms with Gasteiger partial charge in [0.1, 0.15) is 0 Å². The monoisotopic (exact) mass is 536 g/mol. The van der Waals surface area contributed by atoms with Gasteiger partial charge in [0.05, 0.1) is 34.1 Å². The van der Waals surface area contributed by atoms with Crippen molar-refractivity contribution in [3.05, 3.63) is 98.7 Å². The van der Waals surface area contributed by atoms with Crippen LogP contribution in [0.2, 0.25) is 0 Å². The Bertz CT molecular complexity index is 1470. The second-order valence-corrected chi connectivity index (χ2v) is 8.86. The maximum atomic E-state index is 13.2. The van der Waals surface area contributed by atoms with Gasteiger partial charge in [-0.3, -0.25) is 14.2 Å². The minimum atomic E-state index is -1.09. The first kappa shape index (κ1) is 23.4. The van der Waals surface area contributed by atoms with Crippen LogP contribution in [0.25, 0.3) is 16.6 Å². The Hall–Kier alpha value is -3.76. The number of aromatic carboxylic acids is 1. The van der Waals surface area contributed by atoms with Gasteiger partial charge in [0.2, 0.25) is 0 Å². The summed E-state index contributed by atoms with van der Waals surface area (Å²) >= 11 is 4.49. The van der Waals surface area contributed by atoms with Crippen LogP contribution in [0.5, 0.6) is 0 Å². The van der Waals surface area contributed by atoms with Crippen LogP contribution in [-0.2, 0) is 4.79 Å². The maximum absolute atomic E-state index is 13.2. The first-order chi connectivity index (χ1) is 16.4. The van der Waals surface area contributed by atoms with Crippen LogP contribution >= 0.6 is 27.7 Å².